The summed E-state index contributed by atoms with van der Waals surface area (Å²) in [6.45, 7) is 2.46. The van der Waals surface area contributed by atoms with E-state index in [0.717, 1.165) is 6.42 Å². The zero-order valence-electron chi connectivity index (χ0n) is 11.3. The summed E-state index contributed by atoms with van der Waals surface area (Å²) < 4.78 is 5.00. The van der Waals surface area contributed by atoms with Crippen LogP contribution in [-0.2, 0) is 4.79 Å². The number of imide groups is 1. The van der Waals surface area contributed by atoms with E-state index in [4.69, 9.17) is 9.84 Å². The summed E-state index contributed by atoms with van der Waals surface area (Å²) >= 11 is 0. The number of likely N-dealkylation sites (tertiary alicyclic amines) is 1. The minimum absolute atomic E-state index is 0.0826. The van der Waals surface area contributed by atoms with Crippen molar-refractivity contribution >= 4 is 11.8 Å². The number of carbonyl (C=O) groups is 2. The molecule has 0 unspecified atom stereocenters. The van der Waals surface area contributed by atoms with Crippen LogP contribution in [0.15, 0.2) is 24.3 Å². The van der Waals surface area contributed by atoms with Crippen molar-refractivity contribution in [3.05, 3.63) is 29.8 Å². The Balaban J connectivity index is 0.000000550. The molecule has 0 spiro atoms. The highest BCUT2D eigenvalue weighted by Crippen LogP contribution is 2.16. The molecule has 1 fully saturated rings. The third-order valence-corrected chi connectivity index (χ3v) is 2.66. The molecule has 2 rings (SSSR count). The Morgan fingerprint density at radius 2 is 1.95 bits per heavy atom. The van der Waals surface area contributed by atoms with Gasteiger partial charge in [0, 0.05) is 25.1 Å². The fourth-order valence-electron chi connectivity index (χ4n) is 1.75. The second-order valence-corrected chi connectivity index (χ2v) is 4.00. The lowest BCUT2D eigenvalue weighted by molar-refractivity contribution is -0.125. The first-order valence-electron chi connectivity index (χ1n) is 6.23. The van der Waals surface area contributed by atoms with Crippen LogP contribution in [0.2, 0.25) is 0 Å². The molecule has 1 aliphatic heterocycles. The molecule has 2 amide bonds. The monoisotopic (exact) mass is 265 g/mol. The number of methoxy groups -OCH3 is 1. The van der Waals surface area contributed by atoms with Crippen LogP contribution in [0.4, 0.5) is 0 Å². The van der Waals surface area contributed by atoms with Crippen molar-refractivity contribution < 1.29 is 19.4 Å². The molecular weight excluding hydrogens is 246 g/mol. The SMILES string of the molecule is CCO.COc1ccc(C(=O)N2CCCC2=O)cc1. The molecule has 1 aromatic rings. The largest absolute Gasteiger partial charge is 0.497 e. The Morgan fingerprint density at radius 3 is 2.37 bits per heavy atom. The molecule has 1 aliphatic rings. The van der Waals surface area contributed by atoms with Crippen molar-refractivity contribution in [2.45, 2.75) is 19.8 Å². The lowest BCUT2D eigenvalue weighted by Crippen LogP contribution is -2.31. The standard InChI is InChI=1S/C12H13NO3.C2H6O/c1-16-10-6-4-9(5-7-10)12(15)13-8-2-3-11(13)14;1-2-3/h4-7H,2-3,8H2,1H3;3H,2H2,1H3. The molecule has 0 saturated carbocycles. The van der Waals surface area contributed by atoms with E-state index in [9.17, 15) is 9.59 Å². The van der Waals surface area contributed by atoms with Crippen molar-refractivity contribution in [1.29, 1.82) is 0 Å². The van der Waals surface area contributed by atoms with Crippen LogP contribution >= 0.6 is 0 Å². The Kier molecular flexibility index (Phi) is 6.02. The highest BCUT2D eigenvalue weighted by atomic mass is 16.5. The smallest absolute Gasteiger partial charge is 0.260 e. The molecule has 0 radical (unpaired) electrons. The number of aliphatic hydroxyl groups excluding tert-OH is 1. The Morgan fingerprint density at radius 1 is 1.37 bits per heavy atom. The fraction of sp³-hybridized carbons (Fsp3) is 0.429. The van der Waals surface area contributed by atoms with Crippen molar-refractivity contribution in [1.82, 2.24) is 4.90 Å². The van der Waals surface area contributed by atoms with Gasteiger partial charge in [0.15, 0.2) is 0 Å². The summed E-state index contributed by atoms with van der Waals surface area (Å²) in [5.41, 5.74) is 0.524. The maximum atomic E-state index is 11.9. The van der Waals surface area contributed by atoms with Crippen LogP contribution in [-0.4, -0.2) is 42.1 Å². The van der Waals surface area contributed by atoms with Gasteiger partial charge in [0.05, 0.1) is 7.11 Å². The number of amides is 2. The Bertz CT molecular complexity index is 428. The maximum absolute atomic E-state index is 11.9. The lowest BCUT2D eigenvalue weighted by Gasteiger charge is -2.13. The van der Waals surface area contributed by atoms with Crippen LogP contribution in [0.5, 0.6) is 5.75 Å². The highest BCUT2D eigenvalue weighted by molar-refractivity contribution is 6.05. The first-order chi connectivity index (χ1) is 9.13. The van der Waals surface area contributed by atoms with Crippen LogP contribution in [0.25, 0.3) is 0 Å². The average molecular weight is 265 g/mol. The molecule has 19 heavy (non-hydrogen) atoms. The molecule has 0 atom stereocenters. The molecule has 0 aromatic heterocycles. The predicted molar refractivity (Wildman–Crippen MR) is 71.0 cm³/mol. The molecule has 1 aromatic carbocycles. The highest BCUT2D eigenvalue weighted by Gasteiger charge is 2.26. The van der Waals surface area contributed by atoms with Gasteiger partial charge < -0.3 is 9.84 Å². The van der Waals surface area contributed by atoms with Gasteiger partial charge >= 0.3 is 0 Å². The molecule has 104 valence electrons. The zero-order chi connectivity index (χ0) is 14.3. The average Bonchev–Trinajstić information content (AvgIpc) is 2.85. The Hall–Kier alpha value is -1.88. The summed E-state index contributed by atoms with van der Waals surface area (Å²) in [4.78, 5) is 24.6. The van der Waals surface area contributed by atoms with Crippen molar-refractivity contribution in [2.24, 2.45) is 0 Å². The Labute approximate surface area is 112 Å². The lowest BCUT2D eigenvalue weighted by atomic mass is 10.2. The second kappa shape index (κ2) is 7.53. The first kappa shape index (κ1) is 15.2. The number of hydrogen-bond donors (Lipinski definition) is 1. The third kappa shape index (κ3) is 4.06. The number of hydrogen-bond acceptors (Lipinski definition) is 4. The van der Waals surface area contributed by atoms with E-state index in [0.29, 0.717) is 24.3 Å². The van der Waals surface area contributed by atoms with E-state index in [1.165, 1.54) is 4.90 Å². The van der Waals surface area contributed by atoms with E-state index >= 15 is 0 Å². The van der Waals surface area contributed by atoms with Gasteiger partial charge in [0.1, 0.15) is 5.75 Å². The summed E-state index contributed by atoms with van der Waals surface area (Å²) in [5, 5.41) is 7.57. The minimum atomic E-state index is -0.217. The van der Waals surface area contributed by atoms with Gasteiger partial charge in [-0.05, 0) is 37.6 Å². The first-order valence-corrected chi connectivity index (χ1v) is 6.23. The maximum Gasteiger partial charge on any atom is 0.260 e. The van der Waals surface area contributed by atoms with Gasteiger partial charge in [-0.3, -0.25) is 14.5 Å². The summed E-state index contributed by atoms with van der Waals surface area (Å²) in [6, 6.07) is 6.78. The van der Waals surface area contributed by atoms with Gasteiger partial charge in [-0.2, -0.15) is 0 Å². The quantitative estimate of drug-likeness (QED) is 0.822. The van der Waals surface area contributed by atoms with E-state index in [-0.39, 0.29) is 18.4 Å². The number of nitrogens with zero attached hydrogens (tertiary/aromatic N) is 1. The van der Waals surface area contributed by atoms with Gasteiger partial charge in [0.2, 0.25) is 5.91 Å². The van der Waals surface area contributed by atoms with Crippen molar-refractivity contribution in [2.75, 3.05) is 20.3 Å². The second-order valence-electron chi connectivity index (χ2n) is 4.00. The van der Waals surface area contributed by atoms with E-state index in [1.807, 2.05) is 0 Å². The number of carbonyl (C=O) groups excluding carboxylic acids is 2. The number of rotatable bonds is 2. The minimum Gasteiger partial charge on any atom is -0.497 e. The zero-order valence-corrected chi connectivity index (χ0v) is 11.3. The molecule has 1 heterocycles. The normalized spacial score (nSPS) is 13.8. The van der Waals surface area contributed by atoms with Crippen LogP contribution in [0, 0.1) is 0 Å². The van der Waals surface area contributed by atoms with E-state index < -0.39 is 0 Å². The molecule has 1 saturated heterocycles. The topological polar surface area (TPSA) is 66.8 Å². The summed E-state index contributed by atoms with van der Waals surface area (Å²) in [6.07, 6.45) is 1.24. The van der Waals surface area contributed by atoms with Crippen LogP contribution in [0.1, 0.15) is 30.1 Å². The number of ether oxygens (including phenoxy) is 1. The fourth-order valence-corrected chi connectivity index (χ4v) is 1.75. The number of aliphatic hydroxyl groups is 1. The van der Waals surface area contributed by atoms with Crippen molar-refractivity contribution in [3.63, 3.8) is 0 Å². The molecule has 5 heteroatoms. The van der Waals surface area contributed by atoms with E-state index in [1.54, 1.807) is 38.3 Å². The molecule has 0 aliphatic carbocycles. The van der Waals surface area contributed by atoms with Crippen LogP contribution < -0.4 is 4.74 Å². The number of benzene rings is 1. The van der Waals surface area contributed by atoms with Gasteiger partial charge in [0.25, 0.3) is 5.91 Å². The molecule has 1 N–H and O–H groups in total. The van der Waals surface area contributed by atoms with Crippen LogP contribution in [0.3, 0.4) is 0 Å². The molecule has 0 bridgehead atoms. The van der Waals surface area contributed by atoms with Crippen molar-refractivity contribution in [3.8, 4) is 5.75 Å². The van der Waals surface area contributed by atoms with Gasteiger partial charge in [-0.25, -0.2) is 0 Å². The van der Waals surface area contributed by atoms with Gasteiger partial charge in [-0.1, -0.05) is 0 Å². The third-order valence-electron chi connectivity index (χ3n) is 2.66. The van der Waals surface area contributed by atoms with Gasteiger partial charge in [-0.15, -0.1) is 0 Å². The predicted octanol–water partition coefficient (Wildman–Crippen LogP) is 1.46. The molecule has 5 nitrogen and oxygen atoms in total. The molecular formula is C14H19NO4. The summed E-state index contributed by atoms with van der Waals surface area (Å²) in [7, 11) is 1.57. The summed E-state index contributed by atoms with van der Waals surface area (Å²) in [5.74, 6) is 0.398. The van der Waals surface area contributed by atoms with E-state index in [2.05, 4.69) is 0 Å².